The van der Waals surface area contributed by atoms with E-state index < -0.39 is 5.60 Å². The van der Waals surface area contributed by atoms with E-state index in [1.807, 2.05) is 36.4 Å². The Balaban J connectivity index is 1.19. The summed E-state index contributed by atoms with van der Waals surface area (Å²) in [5.41, 5.74) is 0.554. The SMILES string of the molecule is O=C(NCC1C2CN(Cc3ccccc3)C[C@H]12)[C@@](O)(c1ccccc1)[C@H]1C=CCCC1. The van der Waals surface area contributed by atoms with Crippen LogP contribution in [0.25, 0.3) is 0 Å². The highest BCUT2D eigenvalue weighted by molar-refractivity contribution is 5.87. The maximum absolute atomic E-state index is 13.3. The molecule has 2 unspecified atom stereocenters. The van der Waals surface area contributed by atoms with Crippen molar-refractivity contribution >= 4 is 5.91 Å². The van der Waals surface area contributed by atoms with Gasteiger partial charge in [0.1, 0.15) is 0 Å². The van der Waals surface area contributed by atoms with Gasteiger partial charge in [0.05, 0.1) is 0 Å². The lowest BCUT2D eigenvalue weighted by atomic mass is 9.75. The highest BCUT2D eigenvalue weighted by atomic mass is 16.3. The zero-order chi connectivity index (χ0) is 21.3. The molecule has 3 aliphatic rings. The van der Waals surface area contributed by atoms with Crippen LogP contribution in [-0.4, -0.2) is 35.5 Å². The summed E-state index contributed by atoms with van der Waals surface area (Å²) in [6.07, 6.45) is 6.99. The van der Waals surface area contributed by atoms with E-state index in [1.54, 1.807) is 0 Å². The minimum absolute atomic E-state index is 0.177. The molecule has 2 aliphatic carbocycles. The molecule has 1 aliphatic heterocycles. The average Bonchev–Trinajstić information content (AvgIpc) is 3.29. The van der Waals surface area contributed by atoms with Crippen LogP contribution in [-0.2, 0) is 16.9 Å². The van der Waals surface area contributed by atoms with E-state index in [9.17, 15) is 9.90 Å². The van der Waals surface area contributed by atoms with E-state index in [4.69, 9.17) is 0 Å². The Bertz CT molecular complexity index is 917. The van der Waals surface area contributed by atoms with Crippen LogP contribution in [0.1, 0.15) is 30.4 Å². The molecule has 0 bridgehead atoms. The quantitative estimate of drug-likeness (QED) is 0.677. The van der Waals surface area contributed by atoms with Gasteiger partial charge in [-0.2, -0.15) is 0 Å². The van der Waals surface area contributed by atoms with Crippen LogP contribution in [0.15, 0.2) is 72.8 Å². The molecule has 2 aromatic rings. The van der Waals surface area contributed by atoms with Crippen molar-refractivity contribution in [2.75, 3.05) is 19.6 Å². The Hall–Kier alpha value is -2.43. The van der Waals surface area contributed by atoms with Gasteiger partial charge in [0.15, 0.2) is 5.60 Å². The zero-order valence-electron chi connectivity index (χ0n) is 18.0. The number of carbonyl (C=O) groups is 1. The molecule has 5 rings (SSSR count). The predicted molar refractivity (Wildman–Crippen MR) is 122 cm³/mol. The molecule has 1 amide bonds. The van der Waals surface area contributed by atoms with Gasteiger partial charge in [0, 0.05) is 32.1 Å². The van der Waals surface area contributed by atoms with E-state index in [2.05, 4.69) is 46.6 Å². The highest BCUT2D eigenvalue weighted by Gasteiger charge is 2.55. The monoisotopic (exact) mass is 416 g/mol. The van der Waals surface area contributed by atoms with Gasteiger partial charge in [-0.3, -0.25) is 9.69 Å². The second kappa shape index (κ2) is 8.60. The lowest BCUT2D eigenvalue weighted by molar-refractivity contribution is -0.146. The second-order valence-electron chi connectivity index (χ2n) is 9.48. The average molecular weight is 417 g/mol. The molecule has 162 valence electrons. The summed E-state index contributed by atoms with van der Waals surface area (Å²) in [6, 6.07) is 20.1. The number of fused-ring (bicyclic) bond motifs is 1. The molecular weight excluding hydrogens is 384 g/mol. The Morgan fingerprint density at radius 3 is 2.35 bits per heavy atom. The molecule has 1 saturated carbocycles. The number of allylic oxidation sites excluding steroid dienone is 1. The fourth-order valence-corrected chi connectivity index (χ4v) is 5.72. The smallest absolute Gasteiger partial charge is 0.257 e. The number of benzene rings is 2. The molecule has 1 heterocycles. The largest absolute Gasteiger partial charge is 0.375 e. The number of hydrogen-bond donors (Lipinski definition) is 2. The van der Waals surface area contributed by atoms with Crippen molar-refractivity contribution in [2.24, 2.45) is 23.7 Å². The number of rotatable bonds is 7. The fraction of sp³-hybridized carbons (Fsp3) is 0.444. The van der Waals surface area contributed by atoms with Crippen molar-refractivity contribution < 1.29 is 9.90 Å². The van der Waals surface area contributed by atoms with Gasteiger partial charge in [-0.15, -0.1) is 0 Å². The third-order valence-corrected chi connectivity index (χ3v) is 7.55. The maximum atomic E-state index is 13.3. The first-order valence-electron chi connectivity index (χ1n) is 11.7. The lowest BCUT2D eigenvalue weighted by Gasteiger charge is -2.35. The van der Waals surface area contributed by atoms with Crippen LogP contribution in [0.5, 0.6) is 0 Å². The maximum Gasteiger partial charge on any atom is 0.257 e. The van der Waals surface area contributed by atoms with E-state index in [-0.39, 0.29) is 11.8 Å². The minimum atomic E-state index is -1.50. The van der Waals surface area contributed by atoms with Crippen LogP contribution < -0.4 is 5.32 Å². The predicted octanol–water partition coefficient (Wildman–Crippen LogP) is 3.72. The van der Waals surface area contributed by atoms with Crippen molar-refractivity contribution in [3.8, 4) is 0 Å². The first-order valence-corrected chi connectivity index (χ1v) is 11.7. The molecular formula is C27H32N2O2. The molecule has 2 aromatic carbocycles. The van der Waals surface area contributed by atoms with Gasteiger partial charge in [0.25, 0.3) is 5.91 Å². The summed E-state index contributed by atoms with van der Waals surface area (Å²) in [6.45, 7) is 3.89. The van der Waals surface area contributed by atoms with Gasteiger partial charge in [-0.1, -0.05) is 72.8 Å². The summed E-state index contributed by atoms with van der Waals surface area (Å²) < 4.78 is 0. The van der Waals surface area contributed by atoms with Crippen molar-refractivity contribution in [3.63, 3.8) is 0 Å². The number of nitrogens with zero attached hydrogens (tertiary/aromatic N) is 1. The number of piperidine rings is 1. The van der Waals surface area contributed by atoms with Crippen LogP contribution >= 0.6 is 0 Å². The summed E-state index contributed by atoms with van der Waals surface area (Å²) in [5.74, 6) is 1.45. The van der Waals surface area contributed by atoms with E-state index >= 15 is 0 Å². The Labute approximate surface area is 185 Å². The van der Waals surface area contributed by atoms with Crippen LogP contribution in [0.3, 0.4) is 0 Å². The molecule has 1 saturated heterocycles. The first-order chi connectivity index (χ1) is 15.2. The van der Waals surface area contributed by atoms with Gasteiger partial charge >= 0.3 is 0 Å². The number of aliphatic hydroxyl groups is 1. The topological polar surface area (TPSA) is 52.6 Å². The normalized spacial score (nSPS) is 29.2. The highest BCUT2D eigenvalue weighted by Crippen LogP contribution is 2.51. The summed E-state index contributed by atoms with van der Waals surface area (Å²) in [5, 5.41) is 14.8. The molecule has 31 heavy (non-hydrogen) atoms. The number of likely N-dealkylation sites (tertiary alicyclic amines) is 1. The zero-order valence-corrected chi connectivity index (χ0v) is 18.0. The number of nitrogens with one attached hydrogen (secondary N) is 1. The molecule has 0 spiro atoms. The minimum Gasteiger partial charge on any atom is -0.375 e. The van der Waals surface area contributed by atoms with Crippen molar-refractivity contribution in [1.82, 2.24) is 10.2 Å². The summed E-state index contributed by atoms with van der Waals surface area (Å²) in [4.78, 5) is 15.8. The van der Waals surface area contributed by atoms with E-state index in [1.165, 1.54) is 5.56 Å². The van der Waals surface area contributed by atoms with Crippen LogP contribution in [0, 0.1) is 23.7 Å². The molecule has 4 nitrogen and oxygen atoms in total. The molecule has 4 heteroatoms. The Morgan fingerprint density at radius 2 is 1.71 bits per heavy atom. The molecule has 0 aromatic heterocycles. The van der Waals surface area contributed by atoms with Gasteiger partial charge in [-0.25, -0.2) is 0 Å². The Kier molecular flexibility index (Phi) is 5.68. The lowest BCUT2D eigenvalue weighted by Crippen LogP contribution is -2.50. The van der Waals surface area contributed by atoms with E-state index in [0.717, 1.165) is 38.9 Å². The third kappa shape index (κ3) is 4.07. The molecule has 2 N–H and O–H groups in total. The van der Waals surface area contributed by atoms with Gasteiger partial charge in [0.2, 0.25) is 0 Å². The number of hydrogen-bond acceptors (Lipinski definition) is 3. The van der Waals surface area contributed by atoms with Gasteiger partial charge in [-0.05, 0) is 48.1 Å². The molecule has 0 radical (unpaired) electrons. The van der Waals surface area contributed by atoms with Crippen molar-refractivity contribution in [2.45, 2.75) is 31.4 Å². The van der Waals surface area contributed by atoms with Crippen molar-refractivity contribution in [3.05, 3.63) is 83.9 Å². The molecule has 5 atom stereocenters. The van der Waals surface area contributed by atoms with E-state index in [0.29, 0.717) is 29.9 Å². The third-order valence-electron chi connectivity index (χ3n) is 7.55. The molecule has 2 fully saturated rings. The second-order valence-corrected chi connectivity index (χ2v) is 9.48. The number of carbonyl (C=O) groups excluding carboxylic acids is 1. The summed E-state index contributed by atoms with van der Waals surface area (Å²) in [7, 11) is 0. The number of amides is 1. The fourth-order valence-electron chi connectivity index (χ4n) is 5.72. The van der Waals surface area contributed by atoms with Gasteiger partial charge < -0.3 is 10.4 Å². The van der Waals surface area contributed by atoms with Crippen LogP contribution in [0.4, 0.5) is 0 Å². The Morgan fingerprint density at radius 1 is 1.03 bits per heavy atom. The van der Waals surface area contributed by atoms with Crippen molar-refractivity contribution in [1.29, 1.82) is 0 Å². The first kappa shape index (κ1) is 20.5. The standard InChI is InChI=1S/C27H32N2O2/c30-26(27(31,21-12-6-2-7-13-21)22-14-8-3-9-15-22)28-16-23-24-18-29(19-25(23)24)17-20-10-4-1-5-11-20/h1-2,4-8,10-14,22-25,31H,3,9,15-19H2,(H,28,30)/t22-,23?,24+,25?,27+/m0/s1. The summed E-state index contributed by atoms with van der Waals surface area (Å²) >= 11 is 0. The van der Waals surface area contributed by atoms with Crippen LogP contribution in [0.2, 0.25) is 0 Å².